The molecule has 0 radical (unpaired) electrons. The van der Waals surface area contributed by atoms with E-state index in [1.807, 2.05) is 0 Å². The van der Waals surface area contributed by atoms with Gasteiger partial charge in [0.1, 0.15) is 18.9 Å². The highest BCUT2D eigenvalue weighted by atomic mass is 35.5. The lowest BCUT2D eigenvalue weighted by atomic mass is 10.2. The van der Waals surface area contributed by atoms with Gasteiger partial charge in [0.25, 0.3) is 10.0 Å². The summed E-state index contributed by atoms with van der Waals surface area (Å²) in [4.78, 5) is 12.6. The van der Waals surface area contributed by atoms with E-state index in [9.17, 15) is 26.4 Å². The van der Waals surface area contributed by atoms with Crippen LogP contribution >= 0.6 is 11.6 Å². The van der Waals surface area contributed by atoms with Gasteiger partial charge in [-0.25, -0.2) is 8.42 Å². The largest absolute Gasteiger partial charge is 0.490 e. The predicted molar refractivity (Wildman–Crippen MR) is 128 cm³/mol. The van der Waals surface area contributed by atoms with Crippen LogP contribution in [0.4, 0.5) is 24.5 Å². The van der Waals surface area contributed by atoms with Crippen LogP contribution in [0.2, 0.25) is 5.02 Å². The van der Waals surface area contributed by atoms with Crippen LogP contribution in [0.25, 0.3) is 0 Å². The average Bonchev–Trinajstić information content (AvgIpc) is 2.82. The third-order valence-corrected chi connectivity index (χ3v) is 6.79. The molecule has 0 aliphatic carbocycles. The number of amides is 1. The van der Waals surface area contributed by atoms with Gasteiger partial charge < -0.3 is 10.1 Å². The van der Waals surface area contributed by atoms with Crippen LogP contribution in [0.15, 0.2) is 90.3 Å². The summed E-state index contributed by atoms with van der Waals surface area (Å²) in [5.41, 5.74) is -1.25. The summed E-state index contributed by atoms with van der Waals surface area (Å²) in [5, 5.41) is 1.94. The highest BCUT2D eigenvalue weighted by Gasteiger charge is 2.35. The summed E-state index contributed by atoms with van der Waals surface area (Å²) in [5.74, 6) is -0.246. The molecule has 0 saturated heterocycles. The van der Waals surface area contributed by atoms with Gasteiger partial charge in [0, 0.05) is 5.69 Å². The van der Waals surface area contributed by atoms with E-state index in [0.29, 0.717) is 28.4 Å². The van der Waals surface area contributed by atoms with E-state index in [4.69, 9.17) is 16.3 Å². The molecule has 0 heterocycles. The number of carbonyl (C=O) groups is 1. The lowest BCUT2D eigenvalue weighted by Gasteiger charge is -2.25. The van der Waals surface area contributed by atoms with Gasteiger partial charge in [-0.3, -0.25) is 9.10 Å². The molecule has 0 aliphatic heterocycles. The number of hydrogen-bond donors (Lipinski definition) is 1. The first kappa shape index (κ1) is 26.1. The molecule has 3 aromatic rings. The van der Waals surface area contributed by atoms with E-state index < -0.39 is 39.2 Å². The number of nitrogens with one attached hydrogen (secondary N) is 1. The fourth-order valence-corrected chi connectivity index (χ4v) is 4.70. The number of sulfonamides is 1. The van der Waals surface area contributed by atoms with Crippen LogP contribution in [-0.4, -0.2) is 27.5 Å². The third kappa shape index (κ3) is 6.55. The minimum absolute atomic E-state index is 0.194. The van der Waals surface area contributed by atoms with Gasteiger partial charge in [0.2, 0.25) is 5.91 Å². The van der Waals surface area contributed by atoms with Crippen molar-refractivity contribution in [1.29, 1.82) is 0 Å². The first-order valence-electron chi connectivity index (χ1n) is 10.1. The van der Waals surface area contributed by atoms with Crippen molar-refractivity contribution in [3.8, 4) is 5.75 Å². The molecule has 3 rings (SSSR count). The zero-order chi connectivity index (χ0) is 25.6. The van der Waals surface area contributed by atoms with Gasteiger partial charge in [-0.2, -0.15) is 13.2 Å². The molecule has 0 aliphatic rings. The number of benzene rings is 3. The Morgan fingerprint density at radius 1 is 1.06 bits per heavy atom. The van der Waals surface area contributed by atoms with Gasteiger partial charge in [-0.15, -0.1) is 0 Å². The van der Waals surface area contributed by atoms with Crippen LogP contribution < -0.4 is 14.4 Å². The Balaban J connectivity index is 1.94. The molecule has 11 heteroatoms. The van der Waals surface area contributed by atoms with Gasteiger partial charge in [0.05, 0.1) is 21.2 Å². The molecule has 3 aromatic carbocycles. The molecule has 6 nitrogen and oxygen atoms in total. The number of alkyl halides is 3. The van der Waals surface area contributed by atoms with Gasteiger partial charge >= 0.3 is 6.18 Å². The molecule has 1 amide bonds. The van der Waals surface area contributed by atoms with Gasteiger partial charge in [-0.05, 0) is 54.6 Å². The maximum atomic E-state index is 13.4. The van der Waals surface area contributed by atoms with Gasteiger partial charge in [0.15, 0.2) is 0 Å². The van der Waals surface area contributed by atoms with Crippen molar-refractivity contribution in [3.63, 3.8) is 0 Å². The lowest BCUT2D eigenvalue weighted by Crippen LogP contribution is -2.38. The van der Waals surface area contributed by atoms with E-state index in [2.05, 4.69) is 11.9 Å². The summed E-state index contributed by atoms with van der Waals surface area (Å²) in [6.45, 7) is 3.05. The standard InChI is InChI=1S/C24H20ClF3N2O4S/c1-2-14-34-19-11-8-17(9-12-19)29-23(31)16-30(35(32,33)20-6-4-3-5-7-20)18-10-13-22(25)21(15-18)24(26,27)28/h2-13,15H,1,14,16H2,(H,29,31). The van der Waals surface area contributed by atoms with Crippen LogP contribution in [0.3, 0.4) is 0 Å². The smallest absolute Gasteiger partial charge is 0.417 e. The second kappa shape index (κ2) is 10.8. The molecule has 184 valence electrons. The number of halogens is 4. The maximum absolute atomic E-state index is 13.4. The van der Waals surface area contributed by atoms with Crippen molar-refractivity contribution in [2.45, 2.75) is 11.1 Å². The van der Waals surface area contributed by atoms with E-state index in [0.717, 1.165) is 12.1 Å². The quantitative estimate of drug-likeness (QED) is 0.361. The monoisotopic (exact) mass is 524 g/mol. The number of carbonyl (C=O) groups excluding carboxylic acids is 1. The molecule has 0 spiro atoms. The van der Waals surface area contributed by atoms with Crippen molar-refractivity contribution in [1.82, 2.24) is 0 Å². The Hall–Kier alpha value is -3.50. The highest BCUT2D eigenvalue weighted by Crippen LogP contribution is 2.38. The number of anilines is 2. The molecule has 1 N–H and O–H groups in total. The summed E-state index contributed by atoms with van der Waals surface area (Å²) >= 11 is 5.69. The zero-order valence-corrected chi connectivity index (χ0v) is 19.7. The van der Waals surface area contributed by atoms with Crippen LogP contribution in [0, 0.1) is 0 Å². The Morgan fingerprint density at radius 3 is 2.31 bits per heavy atom. The van der Waals surface area contributed by atoms with E-state index in [1.54, 1.807) is 24.3 Å². The van der Waals surface area contributed by atoms with Crippen LogP contribution in [0.5, 0.6) is 5.75 Å². The number of hydrogen-bond acceptors (Lipinski definition) is 4. The van der Waals surface area contributed by atoms with Crippen LogP contribution in [-0.2, 0) is 21.0 Å². The number of nitrogens with zero attached hydrogens (tertiary/aromatic N) is 1. The normalized spacial score (nSPS) is 11.5. The molecule has 0 atom stereocenters. The molecular weight excluding hydrogens is 505 g/mol. The second-order valence-corrected chi connectivity index (χ2v) is 9.43. The minimum Gasteiger partial charge on any atom is -0.490 e. The van der Waals surface area contributed by atoms with Crippen molar-refractivity contribution < 1.29 is 31.1 Å². The van der Waals surface area contributed by atoms with Crippen LogP contribution in [0.1, 0.15) is 5.56 Å². The fourth-order valence-electron chi connectivity index (χ4n) is 3.04. The molecule has 0 unspecified atom stereocenters. The van der Waals surface area contributed by atoms with Crippen molar-refractivity contribution >= 4 is 38.9 Å². The first-order chi connectivity index (χ1) is 16.5. The van der Waals surface area contributed by atoms with Gasteiger partial charge in [-0.1, -0.05) is 42.5 Å². The SMILES string of the molecule is C=CCOc1ccc(NC(=O)CN(c2ccc(Cl)c(C(F)(F)F)c2)S(=O)(=O)c2ccccc2)cc1. The summed E-state index contributed by atoms with van der Waals surface area (Å²) in [6.07, 6.45) is -3.26. The molecule has 0 fully saturated rings. The minimum atomic E-state index is -4.83. The maximum Gasteiger partial charge on any atom is 0.417 e. The van der Waals surface area contributed by atoms with E-state index >= 15 is 0 Å². The van der Waals surface area contributed by atoms with Crippen molar-refractivity contribution in [3.05, 3.63) is 96.0 Å². The molecule has 35 heavy (non-hydrogen) atoms. The second-order valence-electron chi connectivity index (χ2n) is 7.16. The van der Waals surface area contributed by atoms with E-state index in [1.165, 1.54) is 36.4 Å². The Labute approximate surface area is 205 Å². The van der Waals surface area contributed by atoms with Crippen molar-refractivity contribution in [2.24, 2.45) is 0 Å². The zero-order valence-electron chi connectivity index (χ0n) is 18.1. The number of rotatable bonds is 9. The number of ether oxygens (including phenoxy) is 1. The Bertz CT molecular complexity index is 1300. The lowest BCUT2D eigenvalue weighted by molar-refractivity contribution is -0.137. The topological polar surface area (TPSA) is 75.7 Å². The van der Waals surface area contributed by atoms with Crippen molar-refractivity contribution in [2.75, 3.05) is 22.8 Å². The third-order valence-electron chi connectivity index (χ3n) is 4.67. The summed E-state index contributed by atoms with van der Waals surface area (Å²) in [7, 11) is -4.40. The summed E-state index contributed by atoms with van der Waals surface area (Å²) < 4.78 is 72.9. The molecular formula is C24H20ClF3N2O4S. The van der Waals surface area contributed by atoms with E-state index in [-0.39, 0.29) is 10.6 Å². The first-order valence-corrected chi connectivity index (χ1v) is 11.9. The molecule has 0 aromatic heterocycles. The molecule has 0 bridgehead atoms. The Morgan fingerprint density at radius 2 is 1.71 bits per heavy atom. The highest BCUT2D eigenvalue weighted by molar-refractivity contribution is 7.92. The average molecular weight is 525 g/mol. The molecule has 0 saturated carbocycles. The summed E-state index contributed by atoms with van der Waals surface area (Å²) in [6, 6.07) is 16.0. The Kier molecular flexibility index (Phi) is 8.08. The fraction of sp³-hybridized carbons (Fsp3) is 0.125. The predicted octanol–water partition coefficient (Wildman–Crippen LogP) is 5.76.